The Morgan fingerprint density at radius 2 is 2.11 bits per heavy atom. The molecule has 1 N–H and O–H groups in total. The van der Waals surface area contributed by atoms with E-state index < -0.39 is 17.5 Å². The Labute approximate surface area is 109 Å². The fourth-order valence-electron chi connectivity index (χ4n) is 1.62. The minimum atomic E-state index is -0.743. The summed E-state index contributed by atoms with van der Waals surface area (Å²) in [5, 5.41) is 6.74. The Morgan fingerprint density at radius 3 is 2.74 bits per heavy atom. The van der Waals surface area contributed by atoms with Gasteiger partial charge < -0.3 is 9.26 Å². The van der Waals surface area contributed by atoms with Crippen molar-refractivity contribution in [2.24, 2.45) is 0 Å². The Kier molecular flexibility index (Phi) is 3.18. The minimum absolute atomic E-state index is 0.0626. The van der Waals surface area contributed by atoms with Crippen molar-refractivity contribution in [1.29, 1.82) is 0 Å². The number of benzene rings is 1. The predicted molar refractivity (Wildman–Crippen MR) is 68.6 cm³/mol. The van der Waals surface area contributed by atoms with Gasteiger partial charge in [-0.3, -0.25) is 5.32 Å². The third-order valence-electron chi connectivity index (χ3n) is 2.40. The molecule has 0 bridgehead atoms. The number of fused-ring (bicyclic) bond motifs is 1. The molecule has 0 radical (unpaired) electrons. The van der Waals surface area contributed by atoms with Crippen molar-refractivity contribution in [2.45, 2.75) is 33.3 Å². The molecular formula is C13H15FN2O3. The average Bonchev–Trinajstić information content (AvgIpc) is 2.62. The van der Waals surface area contributed by atoms with Crippen LogP contribution in [-0.2, 0) is 4.74 Å². The number of rotatable bonds is 1. The van der Waals surface area contributed by atoms with Crippen molar-refractivity contribution < 1.29 is 18.4 Å². The van der Waals surface area contributed by atoms with E-state index in [0.29, 0.717) is 11.1 Å². The van der Waals surface area contributed by atoms with Gasteiger partial charge in [-0.15, -0.1) is 0 Å². The number of aryl methyl sites for hydroxylation is 1. The second kappa shape index (κ2) is 4.53. The van der Waals surface area contributed by atoms with Crippen LogP contribution in [0.2, 0.25) is 0 Å². The Hall–Kier alpha value is -2.11. The quantitative estimate of drug-likeness (QED) is 0.856. The summed E-state index contributed by atoms with van der Waals surface area (Å²) in [6.45, 7) is 6.91. The first-order valence-electron chi connectivity index (χ1n) is 5.82. The molecular weight excluding hydrogens is 251 g/mol. The Morgan fingerprint density at radius 1 is 1.42 bits per heavy atom. The van der Waals surface area contributed by atoms with Crippen LogP contribution in [0, 0.1) is 12.7 Å². The summed E-state index contributed by atoms with van der Waals surface area (Å²) in [4.78, 5) is 11.7. The van der Waals surface area contributed by atoms with E-state index in [1.165, 1.54) is 6.07 Å². The number of nitrogens with zero attached hydrogens (tertiary/aromatic N) is 1. The van der Waals surface area contributed by atoms with Crippen LogP contribution >= 0.6 is 0 Å². The van der Waals surface area contributed by atoms with Crippen molar-refractivity contribution in [2.75, 3.05) is 5.32 Å². The molecule has 0 spiro atoms. The van der Waals surface area contributed by atoms with Gasteiger partial charge in [-0.1, -0.05) is 5.16 Å². The number of anilines is 1. The highest BCUT2D eigenvalue weighted by Crippen LogP contribution is 2.29. The highest BCUT2D eigenvalue weighted by Gasteiger charge is 2.20. The van der Waals surface area contributed by atoms with Gasteiger partial charge in [0.05, 0.1) is 5.69 Å². The summed E-state index contributed by atoms with van der Waals surface area (Å²) in [5.41, 5.74) is 0.101. The monoisotopic (exact) mass is 266 g/mol. The number of carbonyl (C=O) groups excluding carboxylic acids is 1. The maximum absolute atomic E-state index is 13.8. The van der Waals surface area contributed by atoms with Gasteiger partial charge in [-0.05, 0) is 39.8 Å². The van der Waals surface area contributed by atoms with Crippen molar-refractivity contribution in [3.63, 3.8) is 0 Å². The lowest BCUT2D eigenvalue weighted by molar-refractivity contribution is 0.0635. The van der Waals surface area contributed by atoms with Crippen molar-refractivity contribution in [3.8, 4) is 0 Å². The second-order valence-corrected chi connectivity index (χ2v) is 5.19. The summed E-state index contributed by atoms with van der Waals surface area (Å²) in [7, 11) is 0. The molecule has 0 aliphatic rings. The smallest absolute Gasteiger partial charge is 0.412 e. The zero-order valence-electron chi connectivity index (χ0n) is 11.2. The molecule has 1 aromatic carbocycles. The van der Waals surface area contributed by atoms with E-state index in [2.05, 4.69) is 10.5 Å². The van der Waals surface area contributed by atoms with Gasteiger partial charge in [0.15, 0.2) is 11.4 Å². The van der Waals surface area contributed by atoms with Crippen LogP contribution in [0.1, 0.15) is 26.5 Å². The summed E-state index contributed by atoms with van der Waals surface area (Å²) in [6, 6.07) is 2.80. The van der Waals surface area contributed by atoms with Crippen LogP contribution in [0.4, 0.5) is 14.9 Å². The maximum Gasteiger partial charge on any atom is 0.412 e. The molecule has 6 heteroatoms. The van der Waals surface area contributed by atoms with E-state index in [9.17, 15) is 9.18 Å². The predicted octanol–water partition coefficient (Wildman–Crippen LogP) is 3.62. The summed E-state index contributed by atoms with van der Waals surface area (Å²) < 4.78 is 23.9. The number of amides is 1. The van der Waals surface area contributed by atoms with E-state index in [1.54, 1.807) is 33.8 Å². The summed E-state index contributed by atoms with van der Waals surface area (Å²) >= 11 is 0. The number of ether oxygens (including phenoxy) is 1. The first kappa shape index (κ1) is 13.3. The second-order valence-electron chi connectivity index (χ2n) is 5.19. The van der Waals surface area contributed by atoms with E-state index >= 15 is 0 Å². The number of hydrogen-bond donors (Lipinski definition) is 1. The van der Waals surface area contributed by atoms with Crippen molar-refractivity contribution in [3.05, 3.63) is 23.6 Å². The molecule has 0 unspecified atom stereocenters. The fraction of sp³-hybridized carbons (Fsp3) is 0.385. The van der Waals surface area contributed by atoms with Crippen LogP contribution < -0.4 is 5.32 Å². The highest BCUT2D eigenvalue weighted by molar-refractivity contribution is 5.97. The zero-order chi connectivity index (χ0) is 14.2. The number of hydrogen-bond acceptors (Lipinski definition) is 4. The van der Waals surface area contributed by atoms with Crippen LogP contribution in [0.25, 0.3) is 11.0 Å². The van der Waals surface area contributed by atoms with E-state index in [-0.39, 0.29) is 11.3 Å². The molecule has 1 heterocycles. The lowest BCUT2D eigenvalue weighted by Crippen LogP contribution is -2.27. The third kappa shape index (κ3) is 2.83. The number of aromatic nitrogens is 1. The largest absolute Gasteiger partial charge is 0.444 e. The Balaban J connectivity index is 2.34. The summed E-state index contributed by atoms with van der Waals surface area (Å²) in [5.74, 6) is -0.602. The highest BCUT2D eigenvalue weighted by atomic mass is 19.1. The molecule has 0 fully saturated rings. The molecule has 1 aromatic heterocycles. The average molecular weight is 266 g/mol. The lowest BCUT2D eigenvalue weighted by atomic mass is 10.2. The fourth-order valence-corrected chi connectivity index (χ4v) is 1.62. The molecule has 0 aliphatic carbocycles. The molecule has 19 heavy (non-hydrogen) atoms. The van der Waals surface area contributed by atoms with E-state index in [4.69, 9.17) is 9.26 Å². The first-order chi connectivity index (χ1) is 8.78. The number of carbonyl (C=O) groups is 1. The molecule has 1 amide bonds. The van der Waals surface area contributed by atoms with Gasteiger partial charge in [0.25, 0.3) is 0 Å². The molecule has 0 saturated carbocycles. The molecule has 0 saturated heterocycles. The Bertz CT molecular complexity index is 629. The van der Waals surface area contributed by atoms with Gasteiger partial charge in [0.2, 0.25) is 0 Å². The van der Waals surface area contributed by atoms with Crippen LogP contribution in [0.5, 0.6) is 0 Å². The molecule has 0 aliphatic heterocycles. The van der Waals surface area contributed by atoms with Crippen LogP contribution in [0.15, 0.2) is 16.7 Å². The van der Waals surface area contributed by atoms with E-state index in [0.717, 1.165) is 0 Å². The molecule has 0 atom stereocenters. The third-order valence-corrected chi connectivity index (χ3v) is 2.40. The molecule has 102 valence electrons. The molecule has 2 rings (SSSR count). The van der Waals surface area contributed by atoms with Gasteiger partial charge in [0.1, 0.15) is 11.3 Å². The minimum Gasteiger partial charge on any atom is -0.444 e. The first-order valence-corrected chi connectivity index (χ1v) is 5.82. The normalized spacial score (nSPS) is 11.6. The van der Waals surface area contributed by atoms with Crippen molar-refractivity contribution >= 4 is 22.7 Å². The number of nitrogens with one attached hydrogen (secondary N) is 1. The number of halogens is 1. The van der Waals surface area contributed by atoms with Crippen molar-refractivity contribution in [1.82, 2.24) is 5.16 Å². The van der Waals surface area contributed by atoms with Gasteiger partial charge in [0, 0.05) is 5.39 Å². The zero-order valence-corrected chi connectivity index (χ0v) is 11.2. The van der Waals surface area contributed by atoms with Crippen LogP contribution in [0.3, 0.4) is 0 Å². The SMILES string of the molecule is Cc1noc2c(NC(=O)OC(C)(C)C)c(F)ccc12. The van der Waals surface area contributed by atoms with Gasteiger partial charge in [-0.25, -0.2) is 9.18 Å². The maximum atomic E-state index is 13.8. The lowest BCUT2D eigenvalue weighted by Gasteiger charge is -2.19. The topological polar surface area (TPSA) is 64.4 Å². The molecule has 5 nitrogen and oxygen atoms in total. The van der Waals surface area contributed by atoms with Gasteiger partial charge >= 0.3 is 6.09 Å². The molecule has 2 aromatic rings. The van der Waals surface area contributed by atoms with Gasteiger partial charge in [-0.2, -0.15) is 0 Å². The standard InChI is InChI=1S/C13H15FN2O3/c1-7-8-5-6-9(14)10(11(8)19-16-7)15-12(17)18-13(2,3)4/h5-6H,1-4H3,(H,15,17). The summed E-state index contributed by atoms with van der Waals surface area (Å²) in [6.07, 6.45) is -0.743. The van der Waals surface area contributed by atoms with E-state index in [1.807, 2.05) is 0 Å². The van der Waals surface area contributed by atoms with Crippen LogP contribution in [-0.4, -0.2) is 16.9 Å².